The van der Waals surface area contributed by atoms with Gasteiger partial charge in [-0.25, -0.2) is 9.66 Å². The van der Waals surface area contributed by atoms with Gasteiger partial charge in [0, 0.05) is 10.3 Å². The summed E-state index contributed by atoms with van der Waals surface area (Å²) in [5.74, 6) is -0.528. The summed E-state index contributed by atoms with van der Waals surface area (Å²) in [5, 5.41) is 0.352. The maximum Gasteiger partial charge on any atom is 0.573 e. The molecule has 1 aliphatic carbocycles. The maximum absolute atomic E-state index is 12.8. The summed E-state index contributed by atoms with van der Waals surface area (Å²) < 4.78 is 54.9. The van der Waals surface area contributed by atoms with Crippen molar-refractivity contribution in [3.8, 4) is 5.75 Å². The third-order valence-corrected chi connectivity index (χ3v) is 6.29. The van der Waals surface area contributed by atoms with E-state index in [0.29, 0.717) is 15.6 Å². The number of alkyl halides is 3. The smallest absolute Gasteiger partial charge is 0.406 e. The van der Waals surface area contributed by atoms with Crippen LogP contribution in [-0.4, -0.2) is 25.5 Å². The number of halogens is 4. The molecule has 1 aromatic heterocycles. The quantitative estimate of drug-likeness (QED) is 0.643. The molecule has 29 heavy (non-hydrogen) atoms. The molecule has 1 fully saturated rings. The molecule has 11 heteroatoms. The predicted octanol–water partition coefficient (Wildman–Crippen LogP) is 4.09. The lowest BCUT2D eigenvalue weighted by molar-refractivity contribution is -0.274. The van der Waals surface area contributed by atoms with Crippen molar-refractivity contribution < 1.29 is 22.1 Å². The molecule has 1 heterocycles. The zero-order valence-electron chi connectivity index (χ0n) is 14.6. The molecule has 152 valence electrons. The second-order valence-electron chi connectivity index (χ2n) is 6.40. The van der Waals surface area contributed by atoms with Gasteiger partial charge in [0.25, 0.3) is 5.56 Å². The summed E-state index contributed by atoms with van der Waals surface area (Å²) in [6.07, 6.45) is -1.97. The minimum absolute atomic E-state index is 0.0604. The van der Waals surface area contributed by atoms with Crippen molar-refractivity contribution in [2.75, 3.05) is 5.43 Å². The summed E-state index contributed by atoms with van der Waals surface area (Å²) in [6.45, 7) is 0. The van der Waals surface area contributed by atoms with Crippen LogP contribution in [-0.2, 0) is 10.8 Å². The normalized spacial score (nSPS) is 15.3. The Morgan fingerprint density at radius 1 is 1.21 bits per heavy atom. The van der Waals surface area contributed by atoms with Gasteiger partial charge in [-0.3, -0.25) is 14.4 Å². The minimum Gasteiger partial charge on any atom is -0.406 e. The molecule has 4 rings (SSSR count). The lowest BCUT2D eigenvalue weighted by Crippen LogP contribution is -2.27. The fourth-order valence-electron chi connectivity index (χ4n) is 2.73. The molecule has 0 aliphatic heterocycles. The molecule has 0 saturated heterocycles. The van der Waals surface area contributed by atoms with Crippen molar-refractivity contribution in [1.82, 2.24) is 9.66 Å². The fraction of sp³-hybridized carbons (Fsp3) is 0.222. The summed E-state index contributed by atoms with van der Waals surface area (Å²) in [5.41, 5.74) is 2.72. The number of anilines is 1. The van der Waals surface area contributed by atoms with Crippen LogP contribution in [0.3, 0.4) is 0 Å². The van der Waals surface area contributed by atoms with Crippen LogP contribution in [0.1, 0.15) is 12.8 Å². The summed E-state index contributed by atoms with van der Waals surface area (Å²) in [7, 11) is -1.27. The minimum atomic E-state index is -4.88. The fourth-order valence-corrected chi connectivity index (χ4v) is 4.35. The average molecular weight is 444 g/mol. The van der Waals surface area contributed by atoms with Gasteiger partial charge >= 0.3 is 6.36 Å². The number of nitrogens with one attached hydrogen (secondary N) is 1. The molecule has 0 radical (unpaired) electrons. The van der Waals surface area contributed by atoms with Gasteiger partial charge in [0.1, 0.15) is 12.1 Å². The van der Waals surface area contributed by atoms with E-state index in [1.807, 2.05) is 0 Å². The number of aromatic nitrogens is 2. The third kappa shape index (κ3) is 4.38. The molecular formula is C18H13ClF3N3O3S. The van der Waals surface area contributed by atoms with Crippen molar-refractivity contribution in [3.63, 3.8) is 0 Å². The van der Waals surface area contributed by atoms with Crippen LogP contribution in [0, 0.1) is 0 Å². The Balaban J connectivity index is 1.73. The number of benzene rings is 2. The summed E-state index contributed by atoms with van der Waals surface area (Å²) >= 11 is 6.04. The molecule has 1 aliphatic rings. The predicted molar refractivity (Wildman–Crippen MR) is 103 cm³/mol. The van der Waals surface area contributed by atoms with Gasteiger partial charge in [0.15, 0.2) is 0 Å². The van der Waals surface area contributed by atoms with E-state index in [1.165, 1.54) is 18.5 Å². The number of hydrogen-bond donors (Lipinski definition) is 1. The Morgan fingerprint density at radius 3 is 2.66 bits per heavy atom. The summed E-state index contributed by atoms with van der Waals surface area (Å²) in [4.78, 5) is 17.3. The van der Waals surface area contributed by atoms with E-state index in [9.17, 15) is 22.2 Å². The first-order valence-electron chi connectivity index (χ1n) is 8.45. The second-order valence-corrected chi connectivity index (χ2v) is 8.53. The van der Waals surface area contributed by atoms with Crippen LogP contribution in [0.2, 0.25) is 5.02 Å². The highest BCUT2D eigenvalue weighted by atomic mass is 35.5. The molecule has 6 nitrogen and oxygen atoms in total. The third-order valence-electron chi connectivity index (χ3n) is 4.19. The Kier molecular flexibility index (Phi) is 4.99. The molecule has 1 unspecified atom stereocenters. The number of hydrogen-bond acceptors (Lipinski definition) is 5. The first kappa shape index (κ1) is 19.7. The standard InChI is InChI=1S/C18H13ClF3N3O3S/c19-10-1-6-16(29(27)12-3-4-12)15(7-10)24-25-9-23-14-5-2-11(28-18(20,21)22)8-13(14)17(25)26/h1-2,5-9,12,24H,3-4H2. The van der Waals surface area contributed by atoms with Crippen molar-refractivity contribution in [2.24, 2.45) is 0 Å². The van der Waals surface area contributed by atoms with E-state index < -0.39 is 28.5 Å². The number of ether oxygens (including phenoxy) is 1. The SMILES string of the molecule is O=c1c2cc(OC(F)(F)F)ccc2ncn1Nc1cc(Cl)ccc1S(=O)C1CC1. The van der Waals surface area contributed by atoms with Crippen LogP contribution in [0.5, 0.6) is 5.75 Å². The van der Waals surface area contributed by atoms with Crippen LogP contribution < -0.4 is 15.7 Å². The van der Waals surface area contributed by atoms with Gasteiger partial charge in [-0.1, -0.05) is 11.6 Å². The van der Waals surface area contributed by atoms with Gasteiger partial charge < -0.3 is 4.74 Å². The highest BCUT2D eigenvalue weighted by Gasteiger charge is 2.32. The molecule has 3 aromatic rings. The van der Waals surface area contributed by atoms with E-state index in [-0.39, 0.29) is 16.2 Å². The van der Waals surface area contributed by atoms with Gasteiger partial charge in [-0.2, -0.15) is 0 Å². The highest BCUT2D eigenvalue weighted by Crippen LogP contribution is 2.34. The Labute approximate surface area is 169 Å². The Bertz CT molecular complexity index is 1180. The van der Waals surface area contributed by atoms with E-state index in [4.69, 9.17) is 11.6 Å². The van der Waals surface area contributed by atoms with E-state index >= 15 is 0 Å². The molecule has 1 saturated carbocycles. The molecule has 0 bridgehead atoms. The Hall–Kier alpha value is -2.59. The van der Waals surface area contributed by atoms with Crippen molar-refractivity contribution in [3.05, 3.63) is 58.1 Å². The highest BCUT2D eigenvalue weighted by molar-refractivity contribution is 7.86. The number of rotatable bonds is 5. The molecule has 2 aromatic carbocycles. The topological polar surface area (TPSA) is 73.2 Å². The van der Waals surface area contributed by atoms with Crippen LogP contribution in [0.15, 0.2) is 52.4 Å². The van der Waals surface area contributed by atoms with E-state index in [2.05, 4.69) is 15.1 Å². The lowest BCUT2D eigenvalue weighted by atomic mass is 10.2. The monoisotopic (exact) mass is 443 g/mol. The zero-order chi connectivity index (χ0) is 20.8. The van der Waals surface area contributed by atoms with Gasteiger partial charge in [-0.05, 0) is 49.2 Å². The number of nitrogens with zero attached hydrogens (tertiary/aromatic N) is 2. The van der Waals surface area contributed by atoms with Gasteiger partial charge in [-0.15, -0.1) is 13.2 Å². The average Bonchev–Trinajstić information content (AvgIpc) is 3.48. The molecule has 0 spiro atoms. The van der Waals surface area contributed by atoms with Crippen molar-refractivity contribution in [1.29, 1.82) is 0 Å². The van der Waals surface area contributed by atoms with Crippen molar-refractivity contribution >= 4 is 39.0 Å². The van der Waals surface area contributed by atoms with E-state index in [0.717, 1.165) is 29.7 Å². The van der Waals surface area contributed by atoms with Crippen LogP contribution in [0.4, 0.5) is 18.9 Å². The molecule has 0 amide bonds. The first-order valence-corrected chi connectivity index (χ1v) is 10.0. The first-order chi connectivity index (χ1) is 13.7. The van der Waals surface area contributed by atoms with Gasteiger partial charge in [0.05, 0.1) is 32.3 Å². The maximum atomic E-state index is 12.8. The van der Waals surface area contributed by atoms with E-state index in [1.54, 1.807) is 12.1 Å². The van der Waals surface area contributed by atoms with Gasteiger partial charge in [0.2, 0.25) is 0 Å². The molecular weight excluding hydrogens is 431 g/mol. The largest absolute Gasteiger partial charge is 0.573 e. The van der Waals surface area contributed by atoms with Crippen molar-refractivity contribution in [2.45, 2.75) is 29.3 Å². The zero-order valence-corrected chi connectivity index (χ0v) is 16.1. The summed E-state index contributed by atoms with van der Waals surface area (Å²) in [6, 6.07) is 8.05. The molecule has 1 atom stereocenters. The lowest BCUT2D eigenvalue weighted by Gasteiger charge is -2.14. The van der Waals surface area contributed by atoms with Crippen LogP contribution >= 0.6 is 11.6 Å². The number of fused-ring (bicyclic) bond motifs is 1. The second kappa shape index (κ2) is 7.34. The van der Waals surface area contributed by atoms with Crippen LogP contribution in [0.25, 0.3) is 10.9 Å². The Morgan fingerprint density at radius 2 is 1.97 bits per heavy atom. The molecule has 1 N–H and O–H groups in total.